The number of nitrogens with zero attached hydrogens (tertiary/aromatic N) is 3. The highest BCUT2D eigenvalue weighted by Gasteiger charge is 2.46. The molecule has 0 saturated carbocycles. The highest BCUT2D eigenvalue weighted by Crippen LogP contribution is 2.38. The van der Waals surface area contributed by atoms with Crippen LogP contribution in [-0.4, -0.2) is 47.2 Å². The summed E-state index contributed by atoms with van der Waals surface area (Å²) in [5.41, 5.74) is 0.126. The molecule has 5 heteroatoms. The molecule has 3 heterocycles. The zero-order chi connectivity index (χ0) is 17.3. The maximum absolute atomic E-state index is 13.2. The molecule has 1 aromatic heterocycles. The first-order chi connectivity index (χ1) is 12.2. The SMILES string of the molecule is O[C@]1(c2ccccc2)CCN(c2ccc(F)cn2)C[C@H]1N1CCCC1. The molecule has 132 valence electrons. The molecule has 0 bridgehead atoms. The van der Waals surface area contributed by atoms with Crippen LogP contribution in [0.25, 0.3) is 0 Å². The number of piperidine rings is 1. The van der Waals surface area contributed by atoms with Crippen LogP contribution in [0.3, 0.4) is 0 Å². The first kappa shape index (κ1) is 16.5. The summed E-state index contributed by atoms with van der Waals surface area (Å²) in [7, 11) is 0. The van der Waals surface area contributed by atoms with Gasteiger partial charge in [-0.1, -0.05) is 30.3 Å². The fraction of sp³-hybridized carbons (Fsp3) is 0.450. The standard InChI is InChI=1S/C20H24FN3O/c21-17-8-9-19(22-14-17)24-13-10-20(25,16-6-2-1-3-7-16)18(15-24)23-11-4-5-12-23/h1-3,6-9,14,18,25H,4-5,10-13,15H2/t18-,20+/m1/s1. The summed E-state index contributed by atoms with van der Waals surface area (Å²) in [6.45, 7) is 3.44. The number of rotatable bonds is 3. The van der Waals surface area contributed by atoms with E-state index in [-0.39, 0.29) is 11.9 Å². The van der Waals surface area contributed by atoms with E-state index >= 15 is 0 Å². The third kappa shape index (κ3) is 3.14. The Morgan fingerprint density at radius 3 is 2.48 bits per heavy atom. The minimum Gasteiger partial charge on any atom is -0.383 e. The summed E-state index contributed by atoms with van der Waals surface area (Å²) in [6.07, 6.45) is 4.25. The number of anilines is 1. The topological polar surface area (TPSA) is 39.6 Å². The number of hydrogen-bond donors (Lipinski definition) is 1. The molecule has 2 saturated heterocycles. The Bertz CT molecular complexity index is 703. The maximum atomic E-state index is 13.2. The fourth-order valence-electron chi connectivity index (χ4n) is 4.22. The van der Waals surface area contributed by atoms with Crippen LogP contribution < -0.4 is 4.90 Å². The van der Waals surface area contributed by atoms with Crippen molar-refractivity contribution in [2.45, 2.75) is 30.9 Å². The van der Waals surface area contributed by atoms with E-state index in [1.54, 1.807) is 6.07 Å². The molecule has 2 atom stereocenters. The summed E-state index contributed by atoms with van der Waals surface area (Å²) >= 11 is 0. The number of halogens is 1. The predicted octanol–water partition coefficient (Wildman–Crippen LogP) is 2.78. The smallest absolute Gasteiger partial charge is 0.141 e. The van der Waals surface area contributed by atoms with Gasteiger partial charge in [0.25, 0.3) is 0 Å². The van der Waals surface area contributed by atoms with E-state index in [0.29, 0.717) is 19.5 Å². The molecule has 1 aromatic carbocycles. The molecule has 2 aliphatic rings. The Morgan fingerprint density at radius 1 is 1.04 bits per heavy atom. The third-order valence-electron chi connectivity index (χ3n) is 5.60. The van der Waals surface area contributed by atoms with E-state index < -0.39 is 5.60 Å². The molecule has 4 rings (SSSR count). The lowest BCUT2D eigenvalue weighted by Crippen LogP contribution is -2.60. The van der Waals surface area contributed by atoms with Gasteiger partial charge in [0, 0.05) is 13.1 Å². The molecule has 1 N–H and O–H groups in total. The number of benzene rings is 1. The molecular formula is C20H24FN3O. The van der Waals surface area contributed by atoms with Gasteiger partial charge in [-0.15, -0.1) is 0 Å². The van der Waals surface area contributed by atoms with E-state index in [1.165, 1.54) is 25.1 Å². The summed E-state index contributed by atoms with van der Waals surface area (Å²) < 4.78 is 13.2. The van der Waals surface area contributed by atoms with E-state index in [4.69, 9.17) is 0 Å². The van der Waals surface area contributed by atoms with Crippen LogP contribution in [0.5, 0.6) is 0 Å². The van der Waals surface area contributed by atoms with Gasteiger partial charge in [0.05, 0.1) is 12.2 Å². The van der Waals surface area contributed by atoms with E-state index in [1.807, 2.05) is 30.3 Å². The van der Waals surface area contributed by atoms with Gasteiger partial charge in [-0.2, -0.15) is 0 Å². The van der Waals surface area contributed by atoms with Crippen molar-refractivity contribution in [1.82, 2.24) is 9.88 Å². The normalized spacial score (nSPS) is 27.6. The maximum Gasteiger partial charge on any atom is 0.141 e. The van der Waals surface area contributed by atoms with Crippen LogP contribution in [0, 0.1) is 5.82 Å². The average molecular weight is 341 g/mol. The van der Waals surface area contributed by atoms with Crippen LogP contribution in [0.15, 0.2) is 48.7 Å². The van der Waals surface area contributed by atoms with Crippen LogP contribution in [0.4, 0.5) is 10.2 Å². The van der Waals surface area contributed by atoms with E-state index in [0.717, 1.165) is 24.5 Å². The van der Waals surface area contributed by atoms with Gasteiger partial charge in [0.2, 0.25) is 0 Å². The van der Waals surface area contributed by atoms with Gasteiger partial charge in [0.15, 0.2) is 0 Å². The van der Waals surface area contributed by atoms with Gasteiger partial charge in [-0.25, -0.2) is 9.37 Å². The zero-order valence-electron chi connectivity index (χ0n) is 14.3. The van der Waals surface area contributed by atoms with Crippen molar-refractivity contribution in [1.29, 1.82) is 0 Å². The zero-order valence-corrected chi connectivity index (χ0v) is 14.3. The van der Waals surface area contributed by atoms with Gasteiger partial charge < -0.3 is 10.0 Å². The molecule has 4 nitrogen and oxygen atoms in total. The Labute approximate surface area is 147 Å². The summed E-state index contributed by atoms with van der Waals surface area (Å²) in [5, 5.41) is 11.6. The Morgan fingerprint density at radius 2 is 1.80 bits per heavy atom. The second-order valence-corrected chi connectivity index (χ2v) is 7.08. The van der Waals surface area contributed by atoms with Gasteiger partial charge in [-0.3, -0.25) is 4.90 Å². The Hall–Kier alpha value is -1.98. The fourth-order valence-corrected chi connectivity index (χ4v) is 4.22. The van der Waals surface area contributed by atoms with Crippen molar-refractivity contribution in [3.8, 4) is 0 Å². The second kappa shape index (κ2) is 6.73. The van der Waals surface area contributed by atoms with Crippen molar-refractivity contribution in [2.75, 3.05) is 31.1 Å². The molecule has 25 heavy (non-hydrogen) atoms. The van der Waals surface area contributed by atoms with Crippen LogP contribution in [0.2, 0.25) is 0 Å². The largest absolute Gasteiger partial charge is 0.383 e. The lowest BCUT2D eigenvalue weighted by Gasteiger charge is -2.49. The van der Waals surface area contributed by atoms with E-state index in [9.17, 15) is 9.50 Å². The minimum absolute atomic E-state index is 0.0120. The Balaban J connectivity index is 1.64. The van der Waals surface area contributed by atoms with Crippen molar-refractivity contribution >= 4 is 5.82 Å². The number of aromatic nitrogens is 1. The molecule has 2 aliphatic heterocycles. The first-order valence-electron chi connectivity index (χ1n) is 9.05. The van der Waals surface area contributed by atoms with Gasteiger partial charge >= 0.3 is 0 Å². The van der Waals surface area contributed by atoms with Gasteiger partial charge in [-0.05, 0) is 50.0 Å². The molecular weight excluding hydrogens is 317 g/mol. The molecule has 2 aromatic rings. The summed E-state index contributed by atoms with van der Waals surface area (Å²) in [4.78, 5) is 8.81. The third-order valence-corrected chi connectivity index (χ3v) is 5.60. The van der Waals surface area contributed by atoms with Crippen LogP contribution in [-0.2, 0) is 5.60 Å². The lowest BCUT2D eigenvalue weighted by atomic mass is 9.79. The molecule has 0 radical (unpaired) electrons. The van der Waals surface area contributed by atoms with E-state index in [2.05, 4.69) is 14.8 Å². The van der Waals surface area contributed by atoms with Crippen LogP contribution >= 0.6 is 0 Å². The molecule has 0 aliphatic carbocycles. The highest BCUT2D eigenvalue weighted by molar-refractivity contribution is 5.41. The molecule has 0 amide bonds. The minimum atomic E-state index is -0.859. The number of likely N-dealkylation sites (tertiary alicyclic amines) is 1. The number of hydrogen-bond acceptors (Lipinski definition) is 4. The highest BCUT2D eigenvalue weighted by atomic mass is 19.1. The van der Waals surface area contributed by atoms with Crippen LogP contribution in [0.1, 0.15) is 24.8 Å². The average Bonchev–Trinajstić information content (AvgIpc) is 3.18. The van der Waals surface area contributed by atoms with Crippen molar-refractivity contribution in [3.63, 3.8) is 0 Å². The number of aliphatic hydroxyl groups is 1. The predicted molar refractivity (Wildman–Crippen MR) is 96.0 cm³/mol. The van der Waals surface area contributed by atoms with Crippen molar-refractivity contribution in [3.05, 3.63) is 60.0 Å². The lowest BCUT2D eigenvalue weighted by molar-refractivity contribution is -0.0603. The van der Waals surface area contributed by atoms with Crippen molar-refractivity contribution in [2.24, 2.45) is 0 Å². The number of pyridine rings is 1. The Kier molecular flexibility index (Phi) is 4.44. The first-order valence-corrected chi connectivity index (χ1v) is 9.05. The molecule has 0 unspecified atom stereocenters. The summed E-state index contributed by atoms with van der Waals surface area (Å²) in [6, 6.07) is 13.2. The molecule has 2 fully saturated rings. The quantitative estimate of drug-likeness (QED) is 0.932. The monoisotopic (exact) mass is 341 g/mol. The van der Waals surface area contributed by atoms with Gasteiger partial charge in [0.1, 0.15) is 17.2 Å². The van der Waals surface area contributed by atoms with Crippen molar-refractivity contribution < 1.29 is 9.50 Å². The molecule has 0 spiro atoms. The summed E-state index contributed by atoms with van der Waals surface area (Å²) in [5.74, 6) is 0.457. The second-order valence-electron chi connectivity index (χ2n) is 7.08.